The SMILES string of the molecule is Cc1ccc(-n2c3ccccc3c3cc(N(c4ccc(Oc5ccccc5C)cc4)c4cccc(C)c4C4=CC=CCC4C)ccc32)cc1. The fourth-order valence-corrected chi connectivity index (χ4v) is 7.25. The summed E-state index contributed by atoms with van der Waals surface area (Å²) in [6.07, 6.45) is 7.82. The first-order chi connectivity index (χ1) is 24.0. The van der Waals surface area contributed by atoms with Gasteiger partial charge < -0.3 is 14.2 Å². The molecular weight excluding hydrogens is 597 g/mol. The van der Waals surface area contributed by atoms with Crippen LogP contribution in [0.5, 0.6) is 11.5 Å². The van der Waals surface area contributed by atoms with Gasteiger partial charge in [-0.25, -0.2) is 0 Å². The van der Waals surface area contributed by atoms with Gasteiger partial charge in [-0.3, -0.25) is 0 Å². The lowest BCUT2D eigenvalue weighted by Gasteiger charge is -2.31. The molecule has 49 heavy (non-hydrogen) atoms. The summed E-state index contributed by atoms with van der Waals surface area (Å²) in [5, 5.41) is 2.46. The predicted octanol–water partition coefficient (Wildman–Crippen LogP) is 13.0. The first-order valence-corrected chi connectivity index (χ1v) is 17.2. The number of aromatic nitrogens is 1. The zero-order valence-corrected chi connectivity index (χ0v) is 28.5. The lowest BCUT2D eigenvalue weighted by Crippen LogP contribution is -2.14. The Morgan fingerprint density at radius 2 is 1.37 bits per heavy atom. The summed E-state index contributed by atoms with van der Waals surface area (Å²) in [6.45, 7) is 8.78. The van der Waals surface area contributed by atoms with Crippen molar-refractivity contribution in [3.05, 3.63) is 174 Å². The summed E-state index contributed by atoms with van der Waals surface area (Å²) in [5.41, 5.74) is 13.2. The van der Waals surface area contributed by atoms with E-state index >= 15 is 0 Å². The van der Waals surface area contributed by atoms with Crippen LogP contribution in [0, 0.1) is 26.7 Å². The highest BCUT2D eigenvalue weighted by atomic mass is 16.5. The topological polar surface area (TPSA) is 17.4 Å². The summed E-state index contributed by atoms with van der Waals surface area (Å²) in [7, 11) is 0. The first kappa shape index (κ1) is 30.5. The Labute approximate surface area is 289 Å². The molecule has 7 aromatic rings. The molecule has 1 atom stereocenters. The van der Waals surface area contributed by atoms with Gasteiger partial charge in [0.1, 0.15) is 11.5 Å². The monoisotopic (exact) mass is 636 g/mol. The molecule has 0 saturated carbocycles. The number of allylic oxidation sites excluding steroid dienone is 4. The van der Waals surface area contributed by atoms with E-state index < -0.39 is 0 Å². The fraction of sp³-hybridized carbons (Fsp3) is 0.130. The van der Waals surface area contributed by atoms with E-state index in [0.717, 1.165) is 40.5 Å². The van der Waals surface area contributed by atoms with Crippen molar-refractivity contribution in [3.63, 3.8) is 0 Å². The van der Waals surface area contributed by atoms with E-state index in [1.165, 1.54) is 49.8 Å². The molecule has 1 aliphatic carbocycles. The van der Waals surface area contributed by atoms with Crippen LogP contribution in [0.25, 0.3) is 33.1 Å². The molecule has 0 saturated heterocycles. The van der Waals surface area contributed by atoms with Crippen molar-refractivity contribution >= 4 is 44.4 Å². The second kappa shape index (κ2) is 12.7. The summed E-state index contributed by atoms with van der Waals surface area (Å²) in [4.78, 5) is 2.42. The van der Waals surface area contributed by atoms with Gasteiger partial charge in [-0.15, -0.1) is 0 Å². The molecule has 240 valence electrons. The highest BCUT2D eigenvalue weighted by molar-refractivity contribution is 6.10. The third-order valence-electron chi connectivity index (χ3n) is 9.84. The molecule has 8 rings (SSSR count). The minimum absolute atomic E-state index is 0.423. The minimum Gasteiger partial charge on any atom is -0.457 e. The maximum atomic E-state index is 6.33. The Morgan fingerprint density at radius 1 is 0.653 bits per heavy atom. The number of para-hydroxylation sites is 2. The second-order valence-corrected chi connectivity index (χ2v) is 13.2. The molecule has 0 spiro atoms. The van der Waals surface area contributed by atoms with Crippen LogP contribution in [0.1, 0.15) is 35.6 Å². The third-order valence-corrected chi connectivity index (χ3v) is 9.84. The molecule has 0 N–H and O–H groups in total. The Hall–Kier alpha value is -5.80. The number of hydrogen-bond donors (Lipinski definition) is 0. The lowest BCUT2D eigenvalue weighted by atomic mass is 9.85. The molecule has 0 aliphatic heterocycles. The van der Waals surface area contributed by atoms with Gasteiger partial charge in [0.05, 0.1) is 16.7 Å². The molecule has 1 heterocycles. The molecule has 1 aliphatic rings. The van der Waals surface area contributed by atoms with Crippen molar-refractivity contribution in [2.75, 3.05) is 4.90 Å². The highest BCUT2D eigenvalue weighted by Crippen LogP contribution is 2.45. The van der Waals surface area contributed by atoms with Crippen LogP contribution < -0.4 is 9.64 Å². The number of nitrogens with zero attached hydrogens (tertiary/aromatic N) is 2. The number of rotatable bonds is 7. The Bertz CT molecular complexity index is 2370. The minimum atomic E-state index is 0.423. The van der Waals surface area contributed by atoms with Crippen molar-refractivity contribution in [2.45, 2.75) is 34.1 Å². The molecule has 0 fully saturated rings. The quantitative estimate of drug-likeness (QED) is 0.173. The first-order valence-electron chi connectivity index (χ1n) is 17.2. The van der Waals surface area contributed by atoms with Crippen LogP contribution in [-0.2, 0) is 0 Å². The molecule has 1 aromatic heterocycles. The summed E-state index contributed by atoms with van der Waals surface area (Å²) >= 11 is 0. The molecule has 0 radical (unpaired) electrons. The zero-order chi connectivity index (χ0) is 33.5. The number of benzene rings is 6. The molecule has 0 amide bonds. The molecule has 6 aromatic carbocycles. The summed E-state index contributed by atoms with van der Waals surface area (Å²) in [6, 6.07) is 47.8. The average molecular weight is 637 g/mol. The lowest BCUT2D eigenvalue weighted by molar-refractivity contribution is 0.479. The number of hydrogen-bond acceptors (Lipinski definition) is 2. The van der Waals surface area contributed by atoms with Gasteiger partial charge in [-0.05, 0) is 123 Å². The van der Waals surface area contributed by atoms with Gasteiger partial charge >= 0.3 is 0 Å². The maximum absolute atomic E-state index is 6.33. The van der Waals surface area contributed by atoms with E-state index in [1.807, 2.05) is 18.2 Å². The van der Waals surface area contributed by atoms with Crippen LogP contribution >= 0.6 is 0 Å². The summed E-state index contributed by atoms with van der Waals surface area (Å²) < 4.78 is 8.71. The highest BCUT2D eigenvalue weighted by Gasteiger charge is 2.24. The molecule has 3 nitrogen and oxygen atoms in total. The number of aryl methyl sites for hydroxylation is 3. The number of ether oxygens (including phenoxy) is 1. The van der Waals surface area contributed by atoms with E-state index in [1.54, 1.807) is 0 Å². The molecule has 3 heteroatoms. The predicted molar refractivity (Wildman–Crippen MR) is 207 cm³/mol. The van der Waals surface area contributed by atoms with Gasteiger partial charge in [0.25, 0.3) is 0 Å². The Morgan fingerprint density at radius 3 is 2.16 bits per heavy atom. The maximum Gasteiger partial charge on any atom is 0.130 e. The van der Waals surface area contributed by atoms with Crippen LogP contribution in [0.2, 0.25) is 0 Å². The molecule has 1 unspecified atom stereocenters. The van der Waals surface area contributed by atoms with Crippen molar-refractivity contribution in [3.8, 4) is 17.2 Å². The van der Waals surface area contributed by atoms with E-state index in [9.17, 15) is 0 Å². The van der Waals surface area contributed by atoms with Gasteiger partial charge in [0, 0.05) is 33.4 Å². The fourth-order valence-electron chi connectivity index (χ4n) is 7.25. The van der Waals surface area contributed by atoms with Crippen LogP contribution in [0.3, 0.4) is 0 Å². The Kier molecular flexibility index (Phi) is 7.89. The van der Waals surface area contributed by atoms with Gasteiger partial charge in [-0.1, -0.05) is 91.4 Å². The largest absolute Gasteiger partial charge is 0.457 e. The number of fused-ring (bicyclic) bond motifs is 3. The normalized spacial score (nSPS) is 14.3. The number of anilines is 3. The smallest absolute Gasteiger partial charge is 0.130 e. The second-order valence-electron chi connectivity index (χ2n) is 13.2. The zero-order valence-electron chi connectivity index (χ0n) is 28.5. The van der Waals surface area contributed by atoms with Crippen LogP contribution in [-0.4, -0.2) is 4.57 Å². The van der Waals surface area contributed by atoms with E-state index in [0.29, 0.717) is 5.92 Å². The van der Waals surface area contributed by atoms with Crippen molar-refractivity contribution in [1.82, 2.24) is 4.57 Å². The van der Waals surface area contributed by atoms with E-state index in [4.69, 9.17) is 4.74 Å². The average Bonchev–Trinajstić information content (AvgIpc) is 3.45. The van der Waals surface area contributed by atoms with Crippen LogP contribution in [0.4, 0.5) is 17.1 Å². The molecular formula is C46H40N2O. The molecule has 0 bridgehead atoms. The summed E-state index contributed by atoms with van der Waals surface area (Å²) in [5.74, 6) is 2.11. The third kappa shape index (κ3) is 5.62. The standard InChI is InChI=1S/C46H40N2O/c1-31-20-22-36(23-21-31)48-42-17-9-8-16-40(42)41-30-37(26-29-43(41)48)47(35-24-27-38(28-25-35)49-45-19-10-6-13-33(45)3)44-18-11-14-34(4)46(44)39-15-7-5-12-32(39)2/h5-11,13-30,32H,12H2,1-4H3. The van der Waals surface area contributed by atoms with E-state index in [2.05, 4.69) is 171 Å². The Balaban J connectivity index is 1.32. The van der Waals surface area contributed by atoms with Gasteiger partial charge in [0.15, 0.2) is 0 Å². The van der Waals surface area contributed by atoms with Crippen molar-refractivity contribution in [1.29, 1.82) is 0 Å². The van der Waals surface area contributed by atoms with E-state index in [-0.39, 0.29) is 0 Å². The van der Waals surface area contributed by atoms with Gasteiger partial charge in [0.2, 0.25) is 0 Å². The van der Waals surface area contributed by atoms with Crippen molar-refractivity contribution in [2.24, 2.45) is 5.92 Å². The van der Waals surface area contributed by atoms with Gasteiger partial charge in [-0.2, -0.15) is 0 Å². The van der Waals surface area contributed by atoms with Crippen molar-refractivity contribution < 1.29 is 4.74 Å². The van der Waals surface area contributed by atoms with Crippen LogP contribution in [0.15, 0.2) is 152 Å².